The minimum atomic E-state index is 0.856. The van der Waals surface area contributed by atoms with Crippen molar-refractivity contribution in [2.24, 2.45) is 0 Å². The number of benzene rings is 2. The lowest BCUT2D eigenvalue weighted by atomic mass is 10.2. The monoisotopic (exact) mass is 268 g/mol. The van der Waals surface area contributed by atoms with Crippen molar-refractivity contribution in [1.29, 1.82) is 0 Å². The molecule has 4 heteroatoms. The van der Waals surface area contributed by atoms with Crippen LogP contribution in [0.4, 0.5) is 0 Å². The Balaban J connectivity index is 1.87. The molecule has 19 heavy (non-hydrogen) atoms. The summed E-state index contributed by atoms with van der Waals surface area (Å²) < 4.78 is 5.14. The van der Waals surface area contributed by atoms with Crippen LogP contribution in [0, 0.1) is 0 Å². The Hall–Kier alpha value is -2.07. The van der Waals surface area contributed by atoms with E-state index in [1.807, 2.05) is 48.5 Å². The van der Waals surface area contributed by atoms with Gasteiger partial charge in [0.05, 0.1) is 12.6 Å². The summed E-state index contributed by atoms with van der Waals surface area (Å²) in [4.78, 5) is 1.12. The maximum Gasteiger partial charge on any atom is 0.124 e. The number of ether oxygens (including phenoxy) is 1. The van der Waals surface area contributed by atoms with Gasteiger partial charge in [0.1, 0.15) is 10.8 Å². The summed E-state index contributed by atoms with van der Waals surface area (Å²) in [7, 11) is 1.66. The minimum absolute atomic E-state index is 0.856. The van der Waals surface area contributed by atoms with Gasteiger partial charge in [0.25, 0.3) is 0 Å². The van der Waals surface area contributed by atoms with Crippen LogP contribution in [0.3, 0.4) is 0 Å². The van der Waals surface area contributed by atoms with Crippen LogP contribution in [-0.4, -0.2) is 17.3 Å². The van der Waals surface area contributed by atoms with Crippen molar-refractivity contribution in [2.75, 3.05) is 7.11 Å². The third-order valence-electron chi connectivity index (χ3n) is 2.75. The molecule has 0 radical (unpaired) electrons. The first-order valence-corrected chi connectivity index (χ1v) is 6.71. The average Bonchev–Trinajstić information content (AvgIpc) is 2.48. The minimum Gasteiger partial charge on any atom is -0.497 e. The zero-order chi connectivity index (χ0) is 13.1. The molecule has 0 saturated heterocycles. The molecule has 0 fully saturated rings. The first-order valence-electron chi connectivity index (χ1n) is 5.89. The van der Waals surface area contributed by atoms with E-state index in [9.17, 15) is 0 Å². The summed E-state index contributed by atoms with van der Waals surface area (Å²) in [5, 5.41) is 10.4. The molecule has 1 aromatic heterocycles. The number of hydrogen-bond acceptors (Lipinski definition) is 4. The van der Waals surface area contributed by atoms with Gasteiger partial charge in [0.2, 0.25) is 0 Å². The van der Waals surface area contributed by atoms with E-state index >= 15 is 0 Å². The molecule has 2 aromatic carbocycles. The highest BCUT2D eigenvalue weighted by Gasteiger charge is 2.02. The van der Waals surface area contributed by atoms with Crippen molar-refractivity contribution < 1.29 is 4.74 Å². The van der Waals surface area contributed by atoms with E-state index < -0.39 is 0 Å². The lowest BCUT2D eigenvalue weighted by molar-refractivity contribution is 0.414. The van der Waals surface area contributed by atoms with E-state index in [0.29, 0.717) is 0 Å². The molecular weight excluding hydrogens is 256 g/mol. The molecule has 3 nitrogen and oxygen atoms in total. The maximum absolute atomic E-state index is 5.14. The van der Waals surface area contributed by atoms with E-state index in [4.69, 9.17) is 4.74 Å². The molecule has 3 aromatic rings. The molecule has 0 aliphatic rings. The van der Waals surface area contributed by atoms with Gasteiger partial charge in [-0.1, -0.05) is 30.0 Å². The van der Waals surface area contributed by atoms with Gasteiger partial charge < -0.3 is 4.74 Å². The fourth-order valence-corrected chi connectivity index (χ4v) is 2.56. The average molecular weight is 268 g/mol. The Morgan fingerprint density at radius 2 is 1.74 bits per heavy atom. The molecule has 0 saturated carbocycles. The molecular formula is C15H12N2OS. The van der Waals surface area contributed by atoms with Crippen LogP contribution < -0.4 is 4.74 Å². The van der Waals surface area contributed by atoms with E-state index in [-0.39, 0.29) is 0 Å². The number of fused-ring (bicyclic) bond motifs is 1. The van der Waals surface area contributed by atoms with Crippen molar-refractivity contribution in [1.82, 2.24) is 10.2 Å². The number of methoxy groups -OCH3 is 1. The summed E-state index contributed by atoms with van der Waals surface area (Å²) in [5.41, 5.74) is 0.918. The first-order chi connectivity index (χ1) is 9.35. The van der Waals surface area contributed by atoms with Crippen LogP contribution in [0.5, 0.6) is 5.75 Å². The Bertz CT molecular complexity index is 698. The third-order valence-corrected chi connectivity index (χ3v) is 3.67. The molecule has 0 spiro atoms. The van der Waals surface area contributed by atoms with Gasteiger partial charge in [0, 0.05) is 10.3 Å². The Kier molecular flexibility index (Phi) is 3.33. The van der Waals surface area contributed by atoms with Crippen LogP contribution in [0.2, 0.25) is 0 Å². The predicted molar refractivity (Wildman–Crippen MR) is 76.7 cm³/mol. The lowest BCUT2D eigenvalue weighted by Crippen LogP contribution is -1.87. The zero-order valence-corrected chi connectivity index (χ0v) is 11.2. The number of rotatable bonds is 3. The van der Waals surface area contributed by atoms with Gasteiger partial charge in [-0.15, -0.1) is 10.2 Å². The smallest absolute Gasteiger partial charge is 0.124 e. The van der Waals surface area contributed by atoms with E-state index in [0.717, 1.165) is 26.6 Å². The standard InChI is InChI=1S/C15H12N2OS/c1-18-12-6-8-13(9-7-12)19-15-10-11-4-2-3-5-14(11)16-17-15/h2-10H,1H3. The molecule has 0 aliphatic carbocycles. The highest BCUT2D eigenvalue weighted by Crippen LogP contribution is 2.28. The molecule has 94 valence electrons. The SMILES string of the molecule is COc1ccc(Sc2cc3ccccc3nn2)cc1. The van der Waals surface area contributed by atoms with Gasteiger partial charge in [-0.2, -0.15) is 0 Å². The summed E-state index contributed by atoms with van der Waals surface area (Å²) in [5.74, 6) is 0.856. The van der Waals surface area contributed by atoms with Gasteiger partial charge in [-0.05, 0) is 36.4 Å². The summed E-state index contributed by atoms with van der Waals surface area (Å²) in [6.45, 7) is 0. The lowest BCUT2D eigenvalue weighted by Gasteiger charge is -2.03. The summed E-state index contributed by atoms with van der Waals surface area (Å²) in [6, 6.07) is 17.9. The summed E-state index contributed by atoms with van der Waals surface area (Å²) in [6.07, 6.45) is 0. The fraction of sp³-hybridized carbons (Fsp3) is 0.0667. The number of aromatic nitrogens is 2. The highest BCUT2D eigenvalue weighted by molar-refractivity contribution is 7.99. The van der Waals surface area contributed by atoms with Crippen molar-refractivity contribution in [3.8, 4) is 5.75 Å². The molecule has 0 aliphatic heterocycles. The molecule has 0 atom stereocenters. The van der Waals surface area contributed by atoms with Crippen molar-refractivity contribution in [3.05, 3.63) is 54.6 Å². The normalized spacial score (nSPS) is 10.6. The molecule has 1 heterocycles. The van der Waals surface area contributed by atoms with Gasteiger partial charge in [-0.25, -0.2) is 0 Å². The van der Waals surface area contributed by atoms with Crippen LogP contribution in [0.15, 0.2) is 64.5 Å². The zero-order valence-electron chi connectivity index (χ0n) is 10.4. The van der Waals surface area contributed by atoms with Gasteiger partial charge in [-0.3, -0.25) is 0 Å². The van der Waals surface area contributed by atoms with Crippen molar-refractivity contribution in [2.45, 2.75) is 9.92 Å². The molecule has 0 bridgehead atoms. The predicted octanol–water partition coefficient (Wildman–Crippen LogP) is 3.79. The molecule has 0 N–H and O–H groups in total. The Morgan fingerprint density at radius 3 is 2.53 bits per heavy atom. The highest BCUT2D eigenvalue weighted by atomic mass is 32.2. The number of nitrogens with zero attached hydrogens (tertiary/aromatic N) is 2. The largest absolute Gasteiger partial charge is 0.497 e. The number of hydrogen-bond donors (Lipinski definition) is 0. The maximum atomic E-state index is 5.14. The van der Waals surface area contributed by atoms with E-state index in [1.54, 1.807) is 18.9 Å². The second kappa shape index (κ2) is 5.28. The Morgan fingerprint density at radius 1 is 0.947 bits per heavy atom. The molecule has 0 amide bonds. The van der Waals surface area contributed by atoms with Crippen LogP contribution in [0.25, 0.3) is 10.9 Å². The van der Waals surface area contributed by atoms with Crippen LogP contribution in [0.1, 0.15) is 0 Å². The quantitative estimate of drug-likeness (QED) is 0.724. The second-order valence-corrected chi connectivity index (χ2v) is 5.11. The third kappa shape index (κ3) is 2.69. The van der Waals surface area contributed by atoms with Crippen molar-refractivity contribution >= 4 is 22.7 Å². The summed E-state index contributed by atoms with van der Waals surface area (Å²) >= 11 is 1.59. The van der Waals surface area contributed by atoms with Crippen LogP contribution >= 0.6 is 11.8 Å². The first kappa shape index (κ1) is 12.0. The van der Waals surface area contributed by atoms with Crippen LogP contribution in [-0.2, 0) is 0 Å². The van der Waals surface area contributed by atoms with E-state index in [1.165, 1.54) is 0 Å². The van der Waals surface area contributed by atoms with Gasteiger partial charge in [0.15, 0.2) is 0 Å². The fourth-order valence-electron chi connectivity index (χ4n) is 1.78. The van der Waals surface area contributed by atoms with E-state index in [2.05, 4.69) is 16.3 Å². The topological polar surface area (TPSA) is 35.0 Å². The van der Waals surface area contributed by atoms with Crippen molar-refractivity contribution in [3.63, 3.8) is 0 Å². The van der Waals surface area contributed by atoms with Gasteiger partial charge >= 0.3 is 0 Å². The molecule has 3 rings (SSSR count). The molecule has 0 unspecified atom stereocenters. The second-order valence-electron chi connectivity index (χ2n) is 4.02. The Labute approximate surface area is 115 Å².